The molecule has 1 N–H and O–H groups in total. The molecular formula is C15H15BrFNS. The van der Waals surface area contributed by atoms with Crippen LogP contribution in [0.4, 0.5) is 4.39 Å². The lowest BCUT2D eigenvalue weighted by Crippen LogP contribution is -2.30. The molecule has 0 radical (unpaired) electrons. The molecule has 0 aliphatic carbocycles. The highest BCUT2D eigenvalue weighted by Crippen LogP contribution is 2.40. The summed E-state index contributed by atoms with van der Waals surface area (Å²) in [6.07, 6.45) is 0.897. The molecule has 0 amide bonds. The van der Waals surface area contributed by atoms with Crippen LogP contribution in [0.25, 0.3) is 0 Å². The third-order valence-corrected chi connectivity index (χ3v) is 6.42. The highest BCUT2D eigenvalue weighted by atomic mass is 79.9. The molecule has 2 heterocycles. The number of aryl methyl sites for hydroxylation is 1. The van der Waals surface area contributed by atoms with Crippen LogP contribution in [0.5, 0.6) is 0 Å². The van der Waals surface area contributed by atoms with Crippen molar-refractivity contribution in [1.29, 1.82) is 0 Å². The first kappa shape index (κ1) is 13.3. The van der Waals surface area contributed by atoms with Gasteiger partial charge in [0.1, 0.15) is 5.82 Å². The standard InChI is InChI=1S/C15H15BrFNS/c1-8-13(16)9(2)19-15(8)14-12-4-3-11(17)7-10(12)5-6-18-14/h3-4,7,14,18H,5-6H2,1-2H3. The number of benzene rings is 1. The van der Waals surface area contributed by atoms with Gasteiger partial charge in [0.25, 0.3) is 0 Å². The van der Waals surface area contributed by atoms with Crippen LogP contribution in [-0.4, -0.2) is 6.54 Å². The first-order valence-electron chi connectivity index (χ1n) is 6.35. The Morgan fingerprint density at radius 3 is 2.84 bits per heavy atom. The van der Waals surface area contributed by atoms with Crippen molar-refractivity contribution < 1.29 is 4.39 Å². The van der Waals surface area contributed by atoms with Gasteiger partial charge in [0.2, 0.25) is 0 Å². The van der Waals surface area contributed by atoms with E-state index >= 15 is 0 Å². The summed E-state index contributed by atoms with van der Waals surface area (Å²) in [4.78, 5) is 2.63. The zero-order chi connectivity index (χ0) is 13.6. The SMILES string of the molecule is Cc1sc(C2NCCc3cc(F)ccc32)c(C)c1Br. The maximum Gasteiger partial charge on any atom is 0.123 e. The molecule has 1 aromatic heterocycles. The minimum absolute atomic E-state index is 0.139. The average Bonchev–Trinajstić information content (AvgIpc) is 2.65. The van der Waals surface area contributed by atoms with E-state index in [1.807, 2.05) is 17.4 Å². The van der Waals surface area contributed by atoms with Crippen molar-refractivity contribution in [3.05, 3.63) is 54.9 Å². The van der Waals surface area contributed by atoms with Gasteiger partial charge < -0.3 is 5.32 Å². The molecule has 3 rings (SSSR count). The second-order valence-electron chi connectivity index (χ2n) is 4.94. The Morgan fingerprint density at radius 2 is 2.16 bits per heavy atom. The molecule has 1 aliphatic rings. The Kier molecular flexibility index (Phi) is 3.50. The van der Waals surface area contributed by atoms with Gasteiger partial charge >= 0.3 is 0 Å². The van der Waals surface area contributed by atoms with Gasteiger partial charge in [0.05, 0.1) is 6.04 Å². The average molecular weight is 340 g/mol. The van der Waals surface area contributed by atoms with Crippen LogP contribution in [0.3, 0.4) is 0 Å². The Bertz CT molecular complexity index is 635. The molecule has 1 nitrogen and oxygen atoms in total. The smallest absolute Gasteiger partial charge is 0.123 e. The van der Waals surface area contributed by atoms with Gasteiger partial charge in [0.15, 0.2) is 0 Å². The molecule has 0 saturated heterocycles. The van der Waals surface area contributed by atoms with Gasteiger partial charge in [-0.15, -0.1) is 11.3 Å². The number of fused-ring (bicyclic) bond motifs is 1. The predicted molar refractivity (Wildman–Crippen MR) is 81.4 cm³/mol. The number of rotatable bonds is 1. The fourth-order valence-corrected chi connectivity index (χ4v) is 4.44. The van der Waals surface area contributed by atoms with Gasteiger partial charge in [-0.25, -0.2) is 4.39 Å². The molecule has 19 heavy (non-hydrogen) atoms. The van der Waals surface area contributed by atoms with E-state index < -0.39 is 0 Å². The summed E-state index contributed by atoms with van der Waals surface area (Å²) >= 11 is 5.45. The summed E-state index contributed by atoms with van der Waals surface area (Å²) < 4.78 is 14.5. The van der Waals surface area contributed by atoms with Gasteiger partial charge in [-0.1, -0.05) is 6.07 Å². The summed E-state index contributed by atoms with van der Waals surface area (Å²) in [7, 11) is 0. The predicted octanol–water partition coefficient (Wildman–Crippen LogP) is 4.50. The molecule has 1 aromatic carbocycles. The fourth-order valence-electron chi connectivity index (χ4n) is 2.70. The lowest BCUT2D eigenvalue weighted by atomic mass is 9.92. The third-order valence-electron chi connectivity index (χ3n) is 3.69. The summed E-state index contributed by atoms with van der Waals surface area (Å²) in [5.74, 6) is -0.139. The zero-order valence-corrected chi connectivity index (χ0v) is 13.3. The Labute approximate surface area is 125 Å². The second kappa shape index (κ2) is 5.00. The maximum atomic E-state index is 13.3. The van der Waals surface area contributed by atoms with Crippen molar-refractivity contribution in [3.63, 3.8) is 0 Å². The van der Waals surface area contributed by atoms with Gasteiger partial charge in [-0.3, -0.25) is 0 Å². The van der Waals surface area contributed by atoms with E-state index in [1.54, 1.807) is 12.1 Å². The Morgan fingerprint density at radius 1 is 1.37 bits per heavy atom. The number of halogens is 2. The van der Waals surface area contributed by atoms with Gasteiger partial charge in [0, 0.05) is 20.8 Å². The molecule has 1 unspecified atom stereocenters. The molecule has 0 saturated carbocycles. The lowest BCUT2D eigenvalue weighted by molar-refractivity contribution is 0.562. The zero-order valence-electron chi connectivity index (χ0n) is 10.9. The van der Waals surface area contributed by atoms with Crippen molar-refractivity contribution in [3.8, 4) is 0 Å². The van der Waals surface area contributed by atoms with Gasteiger partial charge in [-0.2, -0.15) is 0 Å². The van der Waals surface area contributed by atoms with Crippen molar-refractivity contribution in [2.45, 2.75) is 26.3 Å². The Balaban J connectivity index is 2.11. The van der Waals surface area contributed by atoms with Crippen LogP contribution in [-0.2, 0) is 6.42 Å². The van der Waals surface area contributed by atoms with E-state index in [0.29, 0.717) is 0 Å². The molecule has 0 spiro atoms. The van der Waals surface area contributed by atoms with Crippen molar-refractivity contribution in [2.75, 3.05) is 6.54 Å². The Hall–Kier alpha value is -0.710. The summed E-state index contributed by atoms with van der Waals surface area (Å²) in [6.45, 7) is 5.16. The monoisotopic (exact) mass is 339 g/mol. The van der Waals surface area contributed by atoms with E-state index in [4.69, 9.17) is 0 Å². The van der Waals surface area contributed by atoms with Crippen LogP contribution in [0, 0.1) is 19.7 Å². The molecule has 1 atom stereocenters. The van der Waals surface area contributed by atoms with Crippen LogP contribution in [0.2, 0.25) is 0 Å². The minimum Gasteiger partial charge on any atom is -0.305 e. The van der Waals surface area contributed by atoms with E-state index in [9.17, 15) is 4.39 Å². The van der Waals surface area contributed by atoms with Crippen molar-refractivity contribution >= 4 is 27.3 Å². The number of nitrogens with one attached hydrogen (secondary N) is 1. The summed E-state index contributed by atoms with van der Waals surface area (Å²) in [6, 6.07) is 5.35. The van der Waals surface area contributed by atoms with Crippen LogP contribution < -0.4 is 5.32 Å². The first-order valence-corrected chi connectivity index (χ1v) is 7.96. The topological polar surface area (TPSA) is 12.0 Å². The fraction of sp³-hybridized carbons (Fsp3) is 0.333. The van der Waals surface area contributed by atoms with Crippen LogP contribution in [0.15, 0.2) is 22.7 Å². The largest absolute Gasteiger partial charge is 0.305 e. The van der Waals surface area contributed by atoms with Crippen molar-refractivity contribution in [1.82, 2.24) is 5.32 Å². The summed E-state index contributed by atoms with van der Waals surface area (Å²) in [5.41, 5.74) is 3.63. The van der Waals surface area contributed by atoms with E-state index in [2.05, 4.69) is 35.1 Å². The minimum atomic E-state index is -0.139. The molecule has 0 fully saturated rings. The second-order valence-corrected chi connectivity index (χ2v) is 6.99. The van der Waals surface area contributed by atoms with Crippen LogP contribution in [0.1, 0.15) is 32.5 Å². The normalized spacial score (nSPS) is 18.4. The van der Waals surface area contributed by atoms with Gasteiger partial charge in [-0.05, 0) is 65.0 Å². The molecular weight excluding hydrogens is 325 g/mol. The van der Waals surface area contributed by atoms with Crippen LogP contribution >= 0.6 is 27.3 Å². The summed E-state index contributed by atoms with van der Waals surface area (Å²) in [5, 5.41) is 3.56. The quantitative estimate of drug-likeness (QED) is 0.806. The van der Waals surface area contributed by atoms with E-state index in [-0.39, 0.29) is 11.9 Å². The van der Waals surface area contributed by atoms with Crippen molar-refractivity contribution in [2.24, 2.45) is 0 Å². The maximum absolute atomic E-state index is 13.3. The molecule has 2 aromatic rings. The molecule has 4 heteroatoms. The molecule has 1 aliphatic heterocycles. The van der Waals surface area contributed by atoms with E-state index in [1.165, 1.54) is 25.4 Å². The number of hydrogen-bond acceptors (Lipinski definition) is 2. The third kappa shape index (κ3) is 2.26. The molecule has 0 bridgehead atoms. The highest BCUT2D eigenvalue weighted by Gasteiger charge is 2.25. The number of hydrogen-bond donors (Lipinski definition) is 1. The highest BCUT2D eigenvalue weighted by molar-refractivity contribution is 9.10. The number of thiophene rings is 1. The lowest BCUT2D eigenvalue weighted by Gasteiger charge is -2.27. The van der Waals surface area contributed by atoms with E-state index in [0.717, 1.165) is 18.5 Å². The molecule has 100 valence electrons. The first-order chi connectivity index (χ1) is 9.08.